The highest BCUT2D eigenvalue weighted by molar-refractivity contribution is 7.91. The minimum atomic E-state index is -4.39. The van der Waals surface area contributed by atoms with Crippen LogP contribution < -0.4 is 10.5 Å². The molecule has 1 aromatic rings. The zero-order valence-electron chi connectivity index (χ0n) is 9.98. The summed E-state index contributed by atoms with van der Waals surface area (Å²) in [7, 11) is -4.39. The Kier molecular flexibility index (Phi) is 5.22. The van der Waals surface area contributed by atoms with Crippen LogP contribution in [0.2, 0.25) is 4.34 Å². The van der Waals surface area contributed by atoms with E-state index in [-0.39, 0.29) is 4.34 Å². The summed E-state index contributed by atoms with van der Waals surface area (Å²) >= 11 is 5.91. The summed E-state index contributed by atoms with van der Waals surface area (Å²) in [6.07, 6.45) is -0.768. The summed E-state index contributed by atoms with van der Waals surface area (Å²) < 4.78 is 24.6. The van der Waals surface area contributed by atoms with E-state index in [4.69, 9.17) is 22.4 Å². The van der Waals surface area contributed by atoms with Crippen LogP contribution in [0.4, 0.5) is 5.69 Å². The van der Waals surface area contributed by atoms with Gasteiger partial charge in [0.05, 0.1) is 11.3 Å². The Balaban J connectivity index is 3.10. The van der Waals surface area contributed by atoms with Crippen molar-refractivity contribution in [2.75, 3.05) is 0 Å². The van der Waals surface area contributed by atoms with Gasteiger partial charge in [0.2, 0.25) is 5.91 Å². The molecule has 0 bridgehead atoms. The number of amides is 1. The number of carboxylic acid groups (broad SMARTS) is 1. The number of carboxylic acids is 1. The molecule has 0 aliphatic carbocycles. The van der Waals surface area contributed by atoms with E-state index in [0.29, 0.717) is 17.4 Å². The maximum atomic E-state index is 11.9. The second-order valence-corrected chi connectivity index (χ2v) is 7.26. The van der Waals surface area contributed by atoms with Crippen molar-refractivity contribution >= 4 is 50.5 Å². The number of nitrogens with one attached hydrogen (secondary N) is 1. The smallest absolute Gasteiger partial charge is 0.322 e. The van der Waals surface area contributed by atoms with Gasteiger partial charge in [0.15, 0.2) is 4.34 Å². The van der Waals surface area contributed by atoms with Crippen LogP contribution in [0.5, 0.6) is 0 Å². The van der Waals surface area contributed by atoms with E-state index in [1.165, 1.54) is 0 Å². The van der Waals surface area contributed by atoms with Crippen LogP contribution in [0, 0.1) is 10.1 Å². The molecule has 13 heteroatoms. The molecule has 10 nitrogen and oxygen atoms in total. The van der Waals surface area contributed by atoms with Gasteiger partial charge in [-0.15, -0.1) is 11.3 Å². The highest BCUT2D eigenvalue weighted by atomic mass is 35.5. The van der Waals surface area contributed by atoms with Crippen molar-refractivity contribution in [2.45, 2.75) is 16.7 Å². The maximum absolute atomic E-state index is 11.9. The normalized spacial score (nSPS) is 12.8. The number of rotatable bonds is 7. The molecule has 0 radical (unpaired) electrons. The average Bonchev–Trinajstić information content (AvgIpc) is 2.70. The number of sulfonamides is 1. The van der Waals surface area contributed by atoms with Crippen LogP contribution in [-0.4, -0.2) is 36.4 Å². The lowest BCUT2D eigenvalue weighted by Gasteiger charge is -2.11. The number of nitro groups is 1. The molecule has 0 aliphatic heterocycles. The molecule has 0 unspecified atom stereocenters. The molecule has 0 saturated heterocycles. The molecule has 1 amide bonds. The molecule has 0 aromatic carbocycles. The van der Waals surface area contributed by atoms with Gasteiger partial charge in [0.1, 0.15) is 10.3 Å². The summed E-state index contributed by atoms with van der Waals surface area (Å²) in [5.41, 5.74) is 4.19. The monoisotopic (exact) mass is 357 g/mol. The molecular formula is C8H8ClN3O7S2. The summed E-state index contributed by atoms with van der Waals surface area (Å²) in [6.45, 7) is 0. The van der Waals surface area contributed by atoms with Crippen molar-refractivity contribution in [3.63, 3.8) is 0 Å². The van der Waals surface area contributed by atoms with Gasteiger partial charge in [-0.05, 0) is 0 Å². The molecule has 1 aromatic heterocycles. The van der Waals surface area contributed by atoms with Crippen molar-refractivity contribution in [3.05, 3.63) is 20.5 Å². The molecule has 0 aliphatic rings. The molecule has 1 rings (SSSR count). The SMILES string of the molecule is NC(=O)C[C@H](NS(=O)(=O)c1cc([N+](=O)[O-])c(Cl)s1)C(=O)O. The fourth-order valence-electron chi connectivity index (χ4n) is 1.22. The summed E-state index contributed by atoms with van der Waals surface area (Å²) in [6, 6.07) is -1.09. The number of hydrogen-bond donors (Lipinski definition) is 3. The van der Waals surface area contributed by atoms with E-state index in [2.05, 4.69) is 0 Å². The first-order valence-corrected chi connectivity index (χ1v) is 7.69. The van der Waals surface area contributed by atoms with Crippen LogP contribution in [-0.2, 0) is 19.6 Å². The van der Waals surface area contributed by atoms with Gasteiger partial charge in [0.25, 0.3) is 15.7 Å². The third-order valence-electron chi connectivity index (χ3n) is 2.11. The Morgan fingerprint density at radius 1 is 1.57 bits per heavy atom. The average molecular weight is 358 g/mol. The van der Waals surface area contributed by atoms with Crippen LogP contribution in [0.15, 0.2) is 10.3 Å². The number of halogens is 1. The molecule has 116 valence electrons. The lowest BCUT2D eigenvalue weighted by atomic mass is 10.2. The zero-order chi connectivity index (χ0) is 16.4. The zero-order valence-corrected chi connectivity index (χ0v) is 12.4. The fourth-order valence-corrected chi connectivity index (χ4v) is 4.09. The Morgan fingerprint density at radius 3 is 2.52 bits per heavy atom. The summed E-state index contributed by atoms with van der Waals surface area (Å²) in [5, 5.41) is 19.4. The van der Waals surface area contributed by atoms with E-state index in [9.17, 15) is 28.1 Å². The fraction of sp³-hybridized carbons (Fsp3) is 0.250. The lowest BCUT2D eigenvalue weighted by molar-refractivity contribution is -0.384. The summed E-state index contributed by atoms with van der Waals surface area (Å²) in [5.74, 6) is -2.64. The van der Waals surface area contributed by atoms with E-state index >= 15 is 0 Å². The largest absolute Gasteiger partial charge is 0.480 e. The van der Waals surface area contributed by atoms with Gasteiger partial charge in [-0.1, -0.05) is 11.6 Å². The molecular weight excluding hydrogens is 350 g/mol. The minimum absolute atomic E-state index is 0.373. The Hall–Kier alpha value is -1.76. The highest BCUT2D eigenvalue weighted by Crippen LogP contribution is 2.36. The first-order chi connectivity index (χ1) is 9.54. The number of nitrogens with zero attached hydrogens (tertiary/aromatic N) is 1. The number of nitrogens with two attached hydrogens (primary N) is 1. The minimum Gasteiger partial charge on any atom is -0.480 e. The van der Waals surface area contributed by atoms with Crippen molar-refractivity contribution in [1.82, 2.24) is 4.72 Å². The number of carbonyl (C=O) groups is 2. The third-order valence-corrected chi connectivity index (χ3v) is 5.39. The van der Waals surface area contributed by atoms with Gasteiger partial charge in [-0.25, -0.2) is 8.42 Å². The molecule has 1 atom stereocenters. The molecule has 0 fully saturated rings. The van der Waals surface area contributed by atoms with Gasteiger partial charge < -0.3 is 10.8 Å². The number of hydrogen-bond acceptors (Lipinski definition) is 7. The van der Waals surface area contributed by atoms with Crippen LogP contribution >= 0.6 is 22.9 Å². The Morgan fingerprint density at radius 2 is 2.14 bits per heavy atom. The van der Waals surface area contributed by atoms with Crippen molar-refractivity contribution in [3.8, 4) is 0 Å². The second-order valence-electron chi connectivity index (χ2n) is 3.66. The first kappa shape index (κ1) is 17.3. The summed E-state index contributed by atoms with van der Waals surface area (Å²) in [4.78, 5) is 31.3. The van der Waals surface area contributed by atoms with Crippen molar-refractivity contribution in [1.29, 1.82) is 0 Å². The van der Waals surface area contributed by atoms with Gasteiger partial charge in [-0.2, -0.15) is 4.72 Å². The number of thiophene rings is 1. The number of aliphatic carboxylic acids is 1. The van der Waals surface area contributed by atoms with Crippen LogP contribution in [0.25, 0.3) is 0 Å². The van der Waals surface area contributed by atoms with Crippen LogP contribution in [0.3, 0.4) is 0 Å². The first-order valence-electron chi connectivity index (χ1n) is 5.01. The highest BCUT2D eigenvalue weighted by Gasteiger charge is 2.30. The third kappa shape index (κ3) is 4.35. The molecule has 1 heterocycles. The Bertz CT molecular complexity index is 699. The second kappa shape index (κ2) is 6.34. The molecule has 0 saturated carbocycles. The van der Waals surface area contributed by atoms with Crippen LogP contribution in [0.1, 0.15) is 6.42 Å². The van der Waals surface area contributed by atoms with Crippen molar-refractivity contribution in [2.24, 2.45) is 5.73 Å². The molecule has 21 heavy (non-hydrogen) atoms. The van der Waals surface area contributed by atoms with Gasteiger partial charge in [0, 0.05) is 6.07 Å². The Labute approximate surface area is 126 Å². The van der Waals surface area contributed by atoms with E-state index in [1.807, 2.05) is 0 Å². The van der Waals surface area contributed by atoms with E-state index in [0.717, 1.165) is 0 Å². The number of primary amides is 1. The predicted octanol–water partition coefficient (Wildman–Crippen LogP) is -0.0834. The standard InChI is InChI=1S/C8H8ClN3O7S2/c9-7-4(12(16)17)2-6(20-7)21(18,19)11-3(8(14)15)1-5(10)13/h2-3,11H,1H2,(H2,10,13)(H,14,15)/t3-/m0/s1. The predicted molar refractivity (Wildman–Crippen MR) is 71.5 cm³/mol. The van der Waals surface area contributed by atoms with Gasteiger partial charge in [-0.3, -0.25) is 19.7 Å². The molecule has 4 N–H and O–H groups in total. The lowest BCUT2D eigenvalue weighted by Crippen LogP contribution is -2.43. The van der Waals surface area contributed by atoms with Crippen molar-refractivity contribution < 1.29 is 28.0 Å². The quantitative estimate of drug-likeness (QED) is 0.452. The number of carbonyl (C=O) groups excluding carboxylic acids is 1. The molecule has 0 spiro atoms. The van der Waals surface area contributed by atoms with E-state index < -0.39 is 49.2 Å². The van der Waals surface area contributed by atoms with E-state index in [1.54, 1.807) is 4.72 Å². The maximum Gasteiger partial charge on any atom is 0.322 e. The van der Waals surface area contributed by atoms with Gasteiger partial charge >= 0.3 is 5.97 Å². The topological polar surface area (TPSA) is 170 Å².